The van der Waals surface area contributed by atoms with E-state index >= 15 is 0 Å². The third-order valence-corrected chi connectivity index (χ3v) is 7.26. The van der Waals surface area contributed by atoms with E-state index in [1.807, 2.05) is 48.5 Å². The van der Waals surface area contributed by atoms with Crippen LogP contribution in [0.2, 0.25) is 5.02 Å². The Kier molecular flexibility index (Phi) is 6.99. The van der Waals surface area contributed by atoms with E-state index in [-0.39, 0.29) is 11.8 Å². The molecule has 3 aromatic carbocycles. The number of hydrogen-bond donors (Lipinski definition) is 1. The lowest BCUT2D eigenvalue weighted by Crippen LogP contribution is -2.42. The summed E-state index contributed by atoms with van der Waals surface area (Å²) in [4.78, 5) is 20.2. The summed E-state index contributed by atoms with van der Waals surface area (Å²) in [5.41, 5.74) is 4.09. The van der Waals surface area contributed by atoms with Gasteiger partial charge in [0.1, 0.15) is 5.82 Å². The molecule has 0 aliphatic carbocycles. The fraction of sp³-hybridized carbons (Fsp3) is 0.259. The number of piperidine rings is 1. The number of nitrogens with zero attached hydrogens (tertiary/aromatic N) is 3. The minimum atomic E-state index is -0.0400. The van der Waals surface area contributed by atoms with E-state index in [0.717, 1.165) is 58.5 Å². The fourth-order valence-electron chi connectivity index (χ4n) is 4.64. The molecule has 0 spiro atoms. The number of benzene rings is 3. The van der Waals surface area contributed by atoms with Gasteiger partial charge < -0.3 is 5.32 Å². The molecule has 0 saturated carbocycles. The van der Waals surface area contributed by atoms with Crippen LogP contribution in [0, 0.1) is 5.92 Å². The number of carbonyl (C=O) groups excluding carboxylic acids is 1. The Balaban J connectivity index is 1.32. The van der Waals surface area contributed by atoms with Crippen LogP contribution in [0.4, 0.5) is 0 Å². The standard InChI is InChI=1S/C27H26BrClN4O/c28-21-11-13-22(14-12-21)33-25-10-4-3-9-24(25)31-26(33)18-32-15-5-7-20(17-32)27(34)30-16-19-6-1-2-8-23(19)29/h1-4,6,8-14,20H,5,7,15-18H2,(H,30,34)/t20-/m1/s1. The van der Waals surface area contributed by atoms with Crippen LogP contribution in [0.5, 0.6) is 0 Å². The van der Waals surface area contributed by atoms with Crippen molar-refractivity contribution in [1.82, 2.24) is 19.8 Å². The molecule has 4 aromatic rings. The van der Waals surface area contributed by atoms with Crippen LogP contribution in [0.15, 0.2) is 77.3 Å². The Morgan fingerprint density at radius 1 is 1.06 bits per heavy atom. The molecule has 1 fully saturated rings. The summed E-state index contributed by atoms with van der Waals surface area (Å²) in [6.45, 7) is 2.82. The van der Waals surface area contributed by atoms with Crippen molar-refractivity contribution < 1.29 is 4.79 Å². The van der Waals surface area contributed by atoms with Crippen LogP contribution in [0.25, 0.3) is 16.7 Å². The van der Waals surface area contributed by atoms with Crippen molar-refractivity contribution >= 4 is 44.5 Å². The molecule has 1 saturated heterocycles. The smallest absolute Gasteiger partial charge is 0.224 e. The first-order valence-corrected chi connectivity index (χ1v) is 12.7. The highest BCUT2D eigenvalue weighted by molar-refractivity contribution is 9.10. The number of likely N-dealkylation sites (tertiary alicyclic amines) is 1. The zero-order valence-corrected chi connectivity index (χ0v) is 21.1. The number of para-hydroxylation sites is 2. The lowest BCUT2D eigenvalue weighted by Gasteiger charge is -2.31. The van der Waals surface area contributed by atoms with Crippen LogP contribution >= 0.6 is 27.5 Å². The lowest BCUT2D eigenvalue weighted by molar-refractivity contribution is -0.127. The average Bonchev–Trinajstić information content (AvgIpc) is 3.22. The first-order chi connectivity index (χ1) is 16.6. The molecule has 1 amide bonds. The molecule has 0 bridgehead atoms. The second kappa shape index (κ2) is 10.3. The summed E-state index contributed by atoms with van der Waals surface area (Å²) >= 11 is 9.77. The molecule has 1 aliphatic rings. The van der Waals surface area contributed by atoms with E-state index in [1.165, 1.54) is 0 Å². The van der Waals surface area contributed by atoms with Crippen molar-refractivity contribution in [3.8, 4) is 5.69 Å². The maximum Gasteiger partial charge on any atom is 0.224 e. The molecular formula is C27H26BrClN4O. The number of halogens is 2. The summed E-state index contributed by atoms with van der Waals surface area (Å²) in [6, 6.07) is 24.2. The van der Waals surface area contributed by atoms with Crippen molar-refractivity contribution in [3.63, 3.8) is 0 Å². The van der Waals surface area contributed by atoms with Crippen LogP contribution in [-0.4, -0.2) is 33.4 Å². The van der Waals surface area contributed by atoms with Gasteiger partial charge >= 0.3 is 0 Å². The predicted octanol–water partition coefficient (Wildman–Crippen LogP) is 5.97. The van der Waals surface area contributed by atoms with Gasteiger partial charge in [-0.15, -0.1) is 0 Å². The predicted molar refractivity (Wildman–Crippen MR) is 140 cm³/mol. The van der Waals surface area contributed by atoms with Crippen molar-refractivity contribution in [3.05, 3.63) is 93.7 Å². The van der Waals surface area contributed by atoms with Gasteiger partial charge in [0.15, 0.2) is 0 Å². The summed E-state index contributed by atoms with van der Waals surface area (Å²) in [6.07, 6.45) is 1.89. The number of nitrogens with one attached hydrogen (secondary N) is 1. The largest absolute Gasteiger partial charge is 0.352 e. The summed E-state index contributed by atoms with van der Waals surface area (Å²) in [7, 11) is 0. The highest BCUT2D eigenvalue weighted by Crippen LogP contribution is 2.26. The van der Waals surface area contributed by atoms with Crippen LogP contribution < -0.4 is 5.32 Å². The molecule has 5 nitrogen and oxygen atoms in total. The molecule has 174 valence electrons. The topological polar surface area (TPSA) is 50.2 Å². The molecule has 1 aliphatic heterocycles. The van der Waals surface area contributed by atoms with Crippen LogP contribution in [0.3, 0.4) is 0 Å². The van der Waals surface area contributed by atoms with E-state index in [0.29, 0.717) is 18.1 Å². The Hall–Kier alpha value is -2.67. The number of hydrogen-bond acceptors (Lipinski definition) is 3. The molecule has 1 N–H and O–H groups in total. The van der Waals surface area contributed by atoms with Gasteiger partial charge in [0.25, 0.3) is 0 Å². The molecule has 34 heavy (non-hydrogen) atoms. The average molecular weight is 538 g/mol. The van der Waals surface area contributed by atoms with Gasteiger partial charge in [-0.2, -0.15) is 0 Å². The van der Waals surface area contributed by atoms with Crippen LogP contribution in [0.1, 0.15) is 24.2 Å². The summed E-state index contributed by atoms with van der Waals surface area (Å²) in [5, 5.41) is 3.76. The van der Waals surface area contributed by atoms with Crippen LogP contribution in [-0.2, 0) is 17.9 Å². The second-order valence-corrected chi connectivity index (χ2v) is 10.0. The highest BCUT2D eigenvalue weighted by atomic mass is 79.9. The van der Waals surface area contributed by atoms with E-state index in [9.17, 15) is 4.79 Å². The van der Waals surface area contributed by atoms with Crippen molar-refractivity contribution in [1.29, 1.82) is 0 Å². The Bertz CT molecular complexity index is 1300. The molecule has 7 heteroatoms. The number of imidazole rings is 1. The molecular weight excluding hydrogens is 512 g/mol. The van der Waals surface area contributed by atoms with E-state index in [2.05, 4.69) is 55.0 Å². The van der Waals surface area contributed by atoms with Gasteiger partial charge in [0.2, 0.25) is 5.91 Å². The van der Waals surface area contributed by atoms with Gasteiger partial charge in [-0.1, -0.05) is 57.9 Å². The number of carbonyl (C=O) groups is 1. The first-order valence-electron chi connectivity index (χ1n) is 11.5. The van der Waals surface area contributed by atoms with E-state index in [1.54, 1.807) is 0 Å². The molecule has 2 heterocycles. The fourth-order valence-corrected chi connectivity index (χ4v) is 5.11. The molecule has 1 atom stereocenters. The Morgan fingerprint density at radius 2 is 1.82 bits per heavy atom. The first kappa shape index (κ1) is 23.1. The van der Waals surface area contributed by atoms with Gasteiger partial charge in [-0.3, -0.25) is 14.3 Å². The third kappa shape index (κ3) is 5.04. The minimum absolute atomic E-state index is 0.0400. The molecule has 0 radical (unpaired) electrons. The zero-order valence-electron chi connectivity index (χ0n) is 18.8. The van der Waals surface area contributed by atoms with E-state index in [4.69, 9.17) is 16.6 Å². The number of aromatic nitrogens is 2. The number of amides is 1. The van der Waals surface area contributed by atoms with E-state index < -0.39 is 0 Å². The summed E-state index contributed by atoms with van der Waals surface area (Å²) in [5.74, 6) is 1.04. The highest BCUT2D eigenvalue weighted by Gasteiger charge is 2.27. The lowest BCUT2D eigenvalue weighted by atomic mass is 9.97. The number of fused-ring (bicyclic) bond motifs is 1. The Morgan fingerprint density at radius 3 is 2.65 bits per heavy atom. The van der Waals surface area contributed by atoms with Gasteiger partial charge in [0.05, 0.1) is 23.5 Å². The zero-order chi connectivity index (χ0) is 23.5. The molecule has 0 unspecified atom stereocenters. The van der Waals surface area contributed by atoms with Gasteiger partial charge in [-0.25, -0.2) is 4.98 Å². The molecule has 1 aromatic heterocycles. The third-order valence-electron chi connectivity index (χ3n) is 6.37. The number of rotatable bonds is 6. The van der Waals surface area contributed by atoms with Gasteiger partial charge in [0, 0.05) is 28.3 Å². The second-order valence-electron chi connectivity index (χ2n) is 8.71. The van der Waals surface area contributed by atoms with Gasteiger partial charge in [-0.05, 0) is 67.4 Å². The van der Waals surface area contributed by atoms with Crippen molar-refractivity contribution in [2.24, 2.45) is 5.92 Å². The van der Waals surface area contributed by atoms with Crippen molar-refractivity contribution in [2.45, 2.75) is 25.9 Å². The van der Waals surface area contributed by atoms with Crippen molar-refractivity contribution in [2.75, 3.05) is 13.1 Å². The maximum atomic E-state index is 12.9. The Labute approximate surface area is 212 Å². The maximum absolute atomic E-state index is 12.9. The SMILES string of the molecule is O=C(NCc1ccccc1Cl)[C@@H]1CCCN(Cc2nc3ccccc3n2-c2ccc(Br)cc2)C1. The quantitative estimate of drug-likeness (QED) is 0.330. The minimum Gasteiger partial charge on any atom is -0.352 e. The monoisotopic (exact) mass is 536 g/mol. The summed E-state index contributed by atoms with van der Waals surface area (Å²) < 4.78 is 3.27. The molecule has 5 rings (SSSR count). The normalized spacial score (nSPS) is 16.6.